The van der Waals surface area contributed by atoms with E-state index in [0.717, 1.165) is 6.42 Å². The quantitative estimate of drug-likeness (QED) is 0.177. The predicted octanol–water partition coefficient (Wildman–Crippen LogP) is 13.1. The summed E-state index contributed by atoms with van der Waals surface area (Å²) in [7, 11) is 0. The monoisotopic (exact) mass is 662 g/mol. The minimum Gasteiger partial charge on any atom is -0.310 e. The molecule has 11 rings (SSSR count). The maximum Gasteiger partial charge on any atom is 0.0541 e. The van der Waals surface area contributed by atoms with E-state index in [0.29, 0.717) is 0 Å². The summed E-state index contributed by atoms with van der Waals surface area (Å²) < 4.78 is 4.87. The lowest BCUT2D eigenvalue weighted by atomic mass is 9.86. The summed E-state index contributed by atoms with van der Waals surface area (Å²) in [6, 6.07) is 64.6. The zero-order valence-corrected chi connectivity index (χ0v) is 28.6. The molecule has 0 bridgehead atoms. The van der Waals surface area contributed by atoms with Gasteiger partial charge in [0.2, 0.25) is 0 Å². The Labute approximate surface area is 302 Å². The maximum absolute atomic E-state index is 2.45. The van der Waals surface area contributed by atoms with Crippen molar-refractivity contribution >= 4 is 60.3 Å². The molecule has 2 heteroatoms. The standard InChI is InChI=1S/C50H34N2/c1-2-12-36-30-40(27-20-33(36)10-1)52-48-19-8-6-16-44(48)46-32-38(24-29-50(46)52)37-23-28-49-45(31-37)43-15-5-7-18-47(43)51(49)39-25-21-35(22-26-39)42-17-9-13-34-11-3-4-14-41(34)42/h1-30,32,37H,31H2. The van der Waals surface area contributed by atoms with E-state index in [2.05, 4.69) is 197 Å². The molecule has 0 saturated carbocycles. The normalized spacial score (nSPS) is 14.2. The van der Waals surface area contributed by atoms with Crippen LogP contribution in [0.1, 0.15) is 22.7 Å². The van der Waals surface area contributed by atoms with Crippen molar-refractivity contribution < 1.29 is 0 Å². The van der Waals surface area contributed by atoms with Crippen molar-refractivity contribution in [3.63, 3.8) is 0 Å². The number of fused-ring (bicyclic) bond motifs is 8. The third-order valence-electron chi connectivity index (χ3n) is 11.3. The molecule has 2 aromatic heterocycles. The van der Waals surface area contributed by atoms with Gasteiger partial charge in [-0.1, -0.05) is 133 Å². The lowest BCUT2D eigenvalue weighted by Gasteiger charge is -2.20. The average Bonchev–Trinajstić information content (AvgIpc) is 3.73. The fraction of sp³-hybridized carbons (Fsp3) is 0.0400. The van der Waals surface area contributed by atoms with E-state index < -0.39 is 0 Å². The molecular formula is C50H34N2. The Bertz CT molecular complexity index is 3040. The molecular weight excluding hydrogens is 629 g/mol. The van der Waals surface area contributed by atoms with Crippen molar-refractivity contribution in [3.05, 3.63) is 199 Å². The molecule has 0 fully saturated rings. The number of benzene rings is 8. The van der Waals surface area contributed by atoms with Crippen LogP contribution in [0.4, 0.5) is 0 Å². The minimum atomic E-state index is 0.285. The molecule has 1 aliphatic rings. The van der Waals surface area contributed by atoms with E-state index in [9.17, 15) is 0 Å². The van der Waals surface area contributed by atoms with Crippen LogP contribution in [0, 0.1) is 0 Å². The van der Waals surface area contributed by atoms with Crippen LogP contribution in [0.3, 0.4) is 0 Å². The first-order valence-corrected chi connectivity index (χ1v) is 18.2. The van der Waals surface area contributed by atoms with E-state index in [1.165, 1.54) is 93.6 Å². The lowest BCUT2D eigenvalue weighted by Crippen LogP contribution is -2.07. The van der Waals surface area contributed by atoms with Gasteiger partial charge in [0.15, 0.2) is 0 Å². The van der Waals surface area contributed by atoms with Gasteiger partial charge in [0.25, 0.3) is 0 Å². The summed E-state index contributed by atoms with van der Waals surface area (Å²) in [6.45, 7) is 0. The number of hydrogen-bond acceptors (Lipinski definition) is 0. The predicted molar refractivity (Wildman–Crippen MR) is 220 cm³/mol. The van der Waals surface area contributed by atoms with Crippen LogP contribution >= 0.6 is 0 Å². The fourth-order valence-electron chi connectivity index (χ4n) is 8.80. The van der Waals surface area contributed by atoms with Crippen molar-refractivity contribution in [2.45, 2.75) is 12.3 Å². The molecule has 1 aliphatic carbocycles. The van der Waals surface area contributed by atoms with E-state index in [-0.39, 0.29) is 5.92 Å². The van der Waals surface area contributed by atoms with Crippen LogP contribution in [0.5, 0.6) is 0 Å². The highest BCUT2D eigenvalue weighted by Gasteiger charge is 2.24. The number of hydrogen-bond donors (Lipinski definition) is 0. The molecule has 10 aromatic rings. The lowest BCUT2D eigenvalue weighted by molar-refractivity contribution is 0.826. The van der Waals surface area contributed by atoms with Crippen molar-refractivity contribution in [1.82, 2.24) is 9.13 Å². The SMILES string of the molecule is C1=CC(c2ccc3c(c2)c2ccccc2n3-c2ccc3ccccc3c2)Cc2c1n(-c1ccc(-c3cccc4ccccc34)cc1)c1ccccc21. The van der Waals surface area contributed by atoms with Gasteiger partial charge in [-0.2, -0.15) is 0 Å². The zero-order valence-electron chi connectivity index (χ0n) is 28.6. The molecule has 8 aromatic carbocycles. The van der Waals surface area contributed by atoms with Crippen LogP contribution in [-0.2, 0) is 6.42 Å². The zero-order chi connectivity index (χ0) is 34.2. The van der Waals surface area contributed by atoms with Gasteiger partial charge in [-0.05, 0) is 105 Å². The van der Waals surface area contributed by atoms with Crippen LogP contribution in [-0.4, -0.2) is 9.13 Å². The molecule has 52 heavy (non-hydrogen) atoms. The minimum absolute atomic E-state index is 0.285. The molecule has 1 unspecified atom stereocenters. The molecule has 0 radical (unpaired) electrons. The van der Waals surface area contributed by atoms with Crippen molar-refractivity contribution in [2.75, 3.05) is 0 Å². The Morgan fingerprint density at radius 2 is 1.08 bits per heavy atom. The Morgan fingerprint density at radius 1 is 0.423 bits per heavy atom. The van der Waals surface area contributed by atoms with Gasteiger partial charge in [0.05, 0.1) is 16.6 Å². The first-order valence-electron chi connectivity index (χ1n) is 18.2. The molecule has 1 atom stereocenters. The summed E-state index contributed by atoms with van der Waals surface area (Å²) in [5.41, 5.74) is 12.7. The third-order valence-corrected chi connectivity index (χ3v) is 11.3. The number of rotatable bonds is 4. The molecule has 0 N–H and O–H groups in total. The highest BCUT2D eigenvalue weighted by Crippen LogP contribution is 2.41. The first kappa shape index (κ1) is 29.1. The molecule has 0 amide bonds. The molecule has 0 spiro atoms. The number of allylic oxidation sites excluding steroid dienone is 1. The van der Waals surface area contributed by atoms with Gasteiger partial charge >= 0.3 is 0 Å². The van der Waals surface area contributed by atoms with Gasteiger partial charge in [-0.15, -0.1) is 0 Å². The molecule has 2 heterocycles. The summed E-state index contributed by atoms with van der Waals surface area (Å²) >= 11 is 0. The molecule has 0 saturated heterocycles. The smallest absolute Gasteiger partial charge is 0.0541 e. The van der Waals surface area contributed by atoms with E-state index >= 15 is 0 Å². The Balaban J connectivity index is 0.990. The summed E-state index contributed by atoms with van der Waals surface area (Å²) in [5, 5.41) is 8.99. The molecule has 244 valence electrons. The van der Waals surface area contributed by atoms with Gasteiger partial charge in [-0.25, -0.2) is 0 Å². The van der Waals surface area contributed by atoms with Crippen LogP contribution in [0.2, 0.25) is 0 Å². The Kier molecular flexibility index (Phi) is 6.41. The van der Waals surface area contributed by atoms with E-state index in [1.807, 2.05) is 0 Å². The second kappa shape index (κ2) is 11.4. The van der Waals surface area contributed by atoms with E-state index in [4.69, 9.17) is 0 Å². The summed E-state index contributed by atoms with van der Waals surface area (Å²) in [6.07, 6.45) is 5.75. The Hall–Kier alpha value is -6.64. The van der Waals surface area contributed by atoms with Crippen molar-refractivity contribution in [2.24, 2.45) is 0 Å². The van der Waals surface area contributed by atoms with Crippen molar-refractivity contribution in [3.8, 4) is 22.5 Å². The summed E-state index contributed by atoms with van der Waals surface area (Å²) in [4.78, 5) is 0. The highest BCUT2D eigenvalue weighted by molar-refractivity contribution is 6.10. The second-order valence-corrected chi connectivity index (χ2v) is 14.1. The average molecular weight is 663 g/mol. The van der Waals surface area contributed by atoms with Gasteiger partial charge in [0.1, 0.15) is 0 Å². The van der Waals surface area contributed by atoms with Crippen molar-refractivity contribution in [1.29, 1.82) is 0 Å². The highest BCUT2D eigenvalue weighted by atomic mass is 15.0. The van der Waals surface area contributed by atoms with Gasteiger partial charge < -0.3 is 9.13 Å². The topological polar surface area (TPSA) is 9.86 Å². The molecule has 0 aliphatic heterocycles. The maximum atomic E-state index is 2.45. The van der Waals surface area contributed by atoms with Crippen LogP contribution in [0.15, 0.2) is 182 Å². The number of aromatic nitrogens is 2. The van der Waals surface area contributed by atoms with Gasteiger partial charge in [0, 0.05) is 39.1 Å². The van der Waals surface area contributed by atoms with Crippen LogP contribution < -0.4 is 0 Å². The third kappa shape index (κ3) is 4.44. The van der Waals surface area contributed by atoms with E-state index in [1.54, 1.807) is 0 Å². The second-order valence-electron chi connectivity index (χ2n) is 14.1. The summed E-state index contributed by atoms with van der Waals surface area (Å²) in [5.74, 6) is 0.285. The molecule has 2 nitrogen and oxygen atoms in total. The number of nitrogens with zero attached hydrogens (tertiary/aromatic N) is 2. The Morgan fingerprint density at radius 3 is 1.92 bits per heavy atom. The van der Waals surface area contributed by atoms with Crippen LogP contribution in [0.25, 0.3) is 82.8 Å². The number of para-hydroxylation sites is 2. The first-order chi connectivity index (χ1) is 25.8. The fourth-order valence-corrected chi connectivity index (χ4v) is 8.80. The largest absolute Gasteiger partial charge is 0.310 e. The van der Waals surface area contributed by atoms with Gasteiger partial charge in [-0.3, -0.25) is 0 Å².